The molecule has 0 fully saturated rings. The lowest BCUT2D eigenvalue weighted by molar-refractivity contribution is -0.142. The van der Waals surface area contributed by atoms with Crippen molar-refractivity contribution < 1.29 is 19.5 Å². The van der Waals surface area contributed by atoms with E-state index in [1.165, 1.54) is 4.68 Å². The Kier molecular flexibility index (Phi) is 7.60. The van der Waals surface area contributed by atoms with Gasteiger partial charge in [-0.25, -0.2) is 4.79 Å². The average molecular weight is 429 g/mol. The molecule has 1 unspecified atom stereocenters. The molecule has 0 aliphatic heterocycles. The molecule has 0 bridgehead atoms. The molecule has 8 nitrogen and oxygen atoms in total. The van der Waals surface area contributed by atoms with Crippen molar-refractivity contribution >= 4 is 23.5 Å². The summed E-state index contributed by atoms with van der Waals surface area (Å²) in [6.07, 6.45) is 0.299. The minimum Gasteiger partial charge on any atom is -0.480 e. The number of benzene rings is 1. The number of hydrogen-bond donors (Lipinski definition) is 3. The van der Waals surface area contributed by atoms with Gasteiger partial charge in [-0.1, -0.05) is 52.8 Å². The van der Waals surface area contributed by atoms with Crippen molar-refractivity contribution in [1.29, 1.82) is 0 Å². The Morgan fingerprint density at radius 3 is 2.35 bits per heavy atom. The third-order valence-corrected chi connectivity index (χ3v) is 4.84. The van der Waals surface area contributed by atoms with Crippen LogP contribution in [0.2, 0.25) is 0 Å². The maximum atomic E-state index is 12.9. The first-order chi connectivity index (χ1) is 14.4. The van der Waals surface area contributed by atoms with E-state index in [2.05, 4.69) is 15.7 Å². The molecule has 0 radical (unpaired) electrons. The second-order valence-corrected chi connectivity index (χ2v) is 9.16. The smallest absolute Gasteiger partial charge is 0.326 e. The van der Waals surface area contributed by atoms with Gasteiger partial charge < -0.3 is 15.7 Å². The van der Waals surface area contributed by atoms with Crippen molar-refractivity contribution in [3.8, 4) is 0 Å². The van der Waals surface area contributed by atoms with Crippen LogP contribution in [0.25, 0.3) is 0 Å². The fourth-order valence-corrected chi connectivity index (χ4v) is 3.14. The molecule has 0 spiro atoms. The second-order valence-electron chi connectivity index (χ2n) is 9.16. The Hall–Kier alpha value is -3.16. The highest BCUT2D eigenvalue weighted by Gasteiger charge is 2.23. The molecule has 8 heteroatoms. The lowest BCUT2D eigenvalue weighted by Crippen LogP contribution is -2.42. The van der Waals surface area contributed by atoms with E-state index in [9.17, 15) is 19.5 Å². The summed E-state index contributed by atoms with van der Waals surface area (Å²) in [5.74, 6) is -1.67. The maximum Gasteiger partial charge on any atom is 0.326 e. The largest absolute Gasteiger partial charge is 0.480 e. The topological polar surface area (TPSA) is 113 Å². The lowest BCUT2D eigenvalue weighted by atomic mass is 9.92. The van der Waals surface area contributed by atoms with E-state index in [0.29, 0.717) is 23.4 Å². The molecule has 2 rings (SSSR count). The highest BCUT2D eigenvalue weighted by Crippen LogP contribution is 2.22. The molecule has 2 aromatic rings. The molecule has 0 saturated carbocycles. The Morgan fingerprint density at radius 1 is 1.16 bits per heavy atom. The number of carbonyl (C=O) groups excluding carboxylic acids is 2. The summed E-state index contributed by atoms with van der Waals surface area (Å²) in [6.45, 7) is 9.87. The Bertz CT molecular complexity index is 957. The number of carbonyl (C=O) groups is 3. The molecule has 0 saturated heterocycles. The predicted molar refractivity (Wildman–Crippen MR) is 119 cm³/mol. The van der Waals surface area contributed by atoms with Gasteiger partial charge in [-0.3, -0.25) is 14.3 Å². The van der Waals surface area contributed by atoms with Gasteiger partial charge in [0, 0.05) is 18.2 Å². The molecule has 1 atom stereocenters. The van der Waals surface area contributed by atoms with Crippen LogP contribution in [0.4, 0.5) is 5.69 Å². The van der Waals surface area contributed by atoms with E-state index in [4.69, 9.17) is 0 Å². The number of rotatable bonds is 8. The summed E-state index contributed by atoms with van der Waals surface area (Å²) in [6, 6.07) is 7.79. The zero-order valence-corrected chi connectivity index (χ0v) is 19.0. The van der Waals surface area contributed by atoms with Gasteiger partial charge in [-0.15, -0.1) is 0 Å². The van der Waals surface area contributed by atoms with E-state index in [0.717, 1.165) is 5.69 Å². The van der Waals surface area contributed by atoms with Crippen LogP contribution in [0.15, 0.2) is 30.3 Å². The van der Waals surface area contributed by atoms with Crippen LogP contribution < -0.4 is 10.6 Å². The molecule has 0 aliphatic carbocycles. The number of aliphatic carboxylic acids is 1. The summed E-state index contributed by atoms with van der Waals surface area (Å²) in [5.41, 5.74) is 2.12. The molecule has 1 heterocycles. The number of nitrogens with one attached hydrogen (secondary N) is 2. The van der Waals surface area contributed by atoms with Gasteiger partial charge in [0.25, 0.3) is 5.91 Å². The molecule has 3 N–H and O–H groups in total. The van der Waals surface area contributed by atoms with Crippen LogP contribution in [0, 0.1) is 5.92 Å². The first-order valence-electron chi connectivity index (χ1n) is 10.3. The molecule has 31 heavy (non-hydrogen) atoms. The average Bonchev–Trinajstić information content (AvgIpc) is 3.04. The van der Waals surface area contributed by atoms with Crippen molar-refractivity contribution in [2.24, 2.45) is 13.0 Å². The molecular formula is C23H32N4O4. The number of nitrogens with zero attached hydrogens (tertiary/aromatic N) is 2. The summed E-state index contributed by atoms with van der Waals surface area (Å²) in [4.78, 5) is 36.8. The first kappa shape index (κ1) is 24.1. The van der Waals surface area contributed by atoms with E-state index >= 15 is 0 Å². The number of amides is 2. The number of para-hydroxylation sites is 1. The lowest BCUT2D eigenvalue weighted by Gasteiger charge is -2.17. The van der Waals surface area contributed by atoms with Crippen LogP contribution in [-0.2, 0) is 28.5 Å². The van der Waals surface area contributed by atoms with Crippen LogP contribution in [0.3, 0.4) is 0 Å². The van der Waals surface area contributed by atoms with E-state index in [1.54, 1.807) is 37.4 Å². The number of carboxylic acids is 1. The van der Waals surface area contributed by atoms with Gasteiger partial charge in [0.2, 0.25) is 5.91 Å². The molecular weight excluding hydrogens is 396 g/mol. The fourth-order valence-electron chi connectivity index (χ4n) is 3.14. The highest BCUT2D eigenvalue weighted by atomic mass is 16.4. The minimum atomic E-state index is -1.06. The van der Waals surface area contributed by atoms with Crippen LogP contribution >= 0.6 is 0 Å². The molecule has 0 aliphatic rings. The van der Waals surface area contributed by atoms with E-state index in [-0.39, 0.29) is 23.7 Å². The third kappa shape index (κ3) is 6.67. The quantitative estimate of drug-likeness (QED) is 0.598. The summed E-state index contributed by atoms with van der Waals surface area (Å²) < 4.78 is 1.54. The van der Waals surface area contributed by atoms with Crippen molar-refractivity contribution in [1.82, 2.24) is 15.1 Å². The van der Waals surface area contributed by atoms with Gasteiger partial charge in [0.05, 0.1) is 12.1 Å². The Labute approximate surface area is 183 Å². The number of aromatic nitrogens is 2. The summed E-state index contributed by atoms with van der Waals surface area (Å²) >= 11 is 0. The van der Waals surface area contributed by atoms with Crippen LogP contribution in [0.5, 0.6) is 0 Å². The SMILES string of the molecule is CC(C)CC(NC(=O)Cc1ccccc1NC(=O)c1cc(C(C)(C)C)nn1C)C(=O)O. The Morgan fingerprint density at radius 2 is 1.81 bits per heavy atom. The summed E-state index contributed by atoms with van der Waals surface area (Å²) in [5, 5.41) is 19.2. The minimum absolute atomic E-state index is 0.0447. The maximum absolute atomic E-state index is 12.9. The van der Waals surface area contributed by atoms with E-state index < -0.39 is 17.9 Å². The van der Waals surface area contributed by atoms with Crippen molar-refractivity contribution in [2.75, 3.05) is 5.32 Å². The molecule has 168 valence electrons. The van der Waals surface area contributed by atoms with Gasteiger partial charge in [-0.05, 0) is 30.0 Å². The standard InChI is InChI=1S/C23H32N4O4/c1-14(2)11-17(22(30)31)24-20(28)12-15-9-7-8-10-16(15)25-21(29)18-13-19(23(3,4)5)26-27(18)6/h7-10,13-14,17H,11-12H2,1-6H3,(H,24,28)(H,25,29)(H,30,31). The Balaban J connectivity index is 2.15. The number of carboxylic acid groups (broad SMARTS) is 1. The van der Waals surface area contributed by atoms with Gasteiger partial charge >= 0.3 is 5.97 Å². The van der Waals surface area contributed by atoms with Gasteiger partial charge in [0.1, 0.15) is 11.7 Å². The van der Waals surface area contributed by atoms with Crippen molar-refractivity contribution in [3.63, 3.8) is 0 Å². The fraction of sp³-hybridized carbons (Fsp3) is 0.478. The monoisotopic (exact) mass is 428 g/mol. The zero-order valence-electron chi connectivity index (χ0n) is 19.0. The molecule has 1 aromatic heterocycles. The van der Waals surface area contributed by atoms with E-state index in [1.807, 2.05) is 34.6 Å². The zero-order chi connectivity index (χ0) is 23.3. The molecule has 2 amide bonds. The third-order valence-electron chi connectivity index (χ3n) is 4.84. The second kappa shape index (κ2) is 9.76. The highest BCUT2D eigenvalue weighted by molar-refractivity contribution is 6.04. The van der Waals surface area contributed by atoms with Crippen LogP contribution in [0.1, 0.15) is 62.8 Å². The number of anilines is 1. The predicted octanol–water partition coefficient (Wildman–Crippen LogP) is 3.13. The number of aryl methyl sites for hydroxylation is 1. The number of hydrogen-bond acceptors (Lipinski definition) is 4. The normalized spacial score (nSPS) is 12.5. The van der Waals surface area contributed by atoms with Crippen molar-refractivity contribution in [2.45, 2.75) is 58.9 Å². The molecule has 1 aromatic carbocycles. The van der Waals surface area contributed by atoms with Crippen LogP contribution in [-0.4, -0.2) is 38.7 Å². The first-order valence-corrected chi connectivity index (χ1v) is 10.3. The summed E-state index contributed by atoms with van der Waals surface area (Å²) in [7, 11) is 1.71. The van der Waals surface area contributed by atoms with Gasteiger partial charge in [-0.2, -0.15) is 5.10 Å². The van der Waals surface area contributed by atoms with Gasteiger partial charge in [0.15, 0.2) is 0 Å². The van der Waals surface area contributed by atoms with Crippen molar-refractivity contribution in [3.05, 3.63) is 47.3 Å².